The van der Waals surface area contributed by atoms with Gasteiger partial charge in [-0.15, -0.1) is 0 Å². The molecule has 1 aliphatic carbocycles. The van der Waals surface area contributed by atoms with Gasteiger partial charge in [0.05, 0.1) is 10.3 Å². The Balaban J connectivity index is 0.00000245. The third-order valence-corrected chi connectivity index (χ3v) is 7.23. The molecule has 31 heavy (non-hydrogen) atoms. The first-order chi connectivity index (χ1) is 14.8. The van der Waals surface area contributed by atoms with E-state index < -0.39 is 15.3 Å². The molecule has 3 aromatic rings. The van der Waals surface area contributed by atoms with Crippen molar-refractivity contribution in [3.05, 3.63) is 77.9 Å². The van der Waals surface area contributed by atoms with Gasteiger partial charge in [-0.05, 0) is 59.4 Å². The normalized spacial score (nSPS) is 16.2. The minimum absolute atomic E-state index is 0. The van der Waals surface area contributed by atoms with Crippen molar-refractivity contribution < 1.29 is 24.1 Å². The first-order valence-electron chi connectivity index (χ1n) is 10.2. The summed E-state index contributed by atoms with van der Waals surface area (Å²) in [6.45, 7) is 0.221. The third-order valence-electron chi connectivity index (χ3n) is 6.12. The second-order valence-corrected chi connectivity index (χ2v) is 10.3. The molecule has 1 saturated carbocycles. The zero-order valence-electron chi connectivity index (χ0n) is 17.1. The molecule has 1 aliphatic heterocycles. The quantitative estimate of drug-likeness (QED) is 0.566. The van der Waals surface area contributed by atoms with E-state index in [1.165, 1.54) is 6.26 Å². The standard InChI is InChI=1S/C25H22O5S.H2/c1-31(27,28)21-4-2-3-19(14-21)18-7-5-17(6-8-18)13-24(26)25(11-12-25)20-9-10-22-23(15-20)30-16-29-22;/h2-10,14-15H,11-13,16H2,1H3;1H. The van der Waals surface area contributed by atoms with Gasteiger partial charge in [-0.1, -0.05) is 42.5 Å². The Bertz CT molecular complexity index is 1280. The van der Waals surface area contributed by atoms with Crippen molar-refractivity contribution in [3.8, 4) is 22.6 Å². The number of ketones is 1. The van der Waals surface area contributed by atoms with E-state index in [0.29, 0.717) is 17.1 Å². The number of carbonyl (C=O) groups excluding carboxylic acids is 1. The number of ether oxygens (including phenoxy) is 2. The fourth-order valence-corrected chi connectivity index (χ4v) is 4.79. The van der Waals surface area contributed by atoms with E-state index in [0.717, 1.165) is 40.8 Å². The highest BCUT2D eigenvalue weighted by molar-refractivity contribution is 7.90. The van der Waals surface area contributed by atoms with Gasteiger partial charge in [0.2, 0.25) is 6.79 Å². The lowest BCUT2D eigenvalue weighted by atomic mass is 9.87. The Hall–Kier alpha value is -3.12. The molecule has 0 spiro atoms. The van der Waals surface area contributed by atoms with E-state index in [-0.39, 0.29) is 14.0 Å². The molecule has 5 rings (SSSR count). The number of sulfone groups is 1. The second kappa shape index (κ2) is 7.24. The number of hydrogen-bond donors (Lipinski definition) is 0. The summed E-state index contributed by atoms with van der Waals surface area (Å²) in [5.74, 6) is 1.64. The average Bonchev–Trinajstić information content (AvgIpc) is 3.45. The Morgan fingerprint density at radius 3 is 2.39 bits per heavy atom. The summed E-state index contributed by atoms with van der Waals surface area (Å²) in [7, 11) is -3.26. The van der Waals surface area contributed by atoms with Gasteiger partial charge in [0.1, 0.15) is 5.78 Å². The average molecular weight is 437 g/mol. The molecule has 0 aromatic heterocycles. The summed E-state index contributed by atoms with van der Waals surface area (Å²) in [5, 5.41) is 0. The van der Waals surface area contributed by atoms with Crippen molar-refractivity contribution in [2.45, 2.75) is 29.6 Å². The summed E-state index contributed by atoms with van der Waals surface area (Å²) in [4.78, 5) is 13.5. The second-order valence-electron chi connectivity index (χ2n) is 8.25. The van der Waals surface area contributed by atoms with Gasteiger partial charge in [0, 0.05) is 14.1 Å². The van der Waals surface area contributed by atoms with Crippen LogP contribution in [0.4, 0.5) is 0 Å². The fraction of sp³-hybridized carbons (Fsp3) is 0.240. The topological polar surface area (TPSA) is 69.7 Å². The molecule has 1 heterocycles. The van der Waals surface area contributed by atoms with Crippen LogP contribution in [-0.4, -0.2) is 27.2 Å². The number of Topliss-reactive ketones (excluding diaryl/α,β-unsaturated/α-hetero) is 1. The van der Waals surface area contributed by atoms with E-state index in [1.807, 2.05) is 48.5 Å². The summed E-state index contributed by atoms with van der Waals surface area (Å²) in [5.41, 5.74) is 3.26. The van der Waals surface area contributed by atoms with Crippen LogP contribution >= 0.6 is 0 Å². The van der Waals surface area contributed by atoms with Gasteiger partial charge in [0.25, 0.3) is 0 Å². The minimum Gasteiger partial charge on any atom is -0.454 e. The Morgan fingerprint density at radius 2 is 1.68 bits per heavy atom. The smallest absolute Gasteiger partial charge is 0.231 e. The molecule has 0 radical (unpaired) electrons. The molecule has 0 saturated heterocycles. The molecule has 0 bridgehead atoms. The van der Waals surface area contributed by atoms with Crippen molar-refractivity contribution >= 4 is 15.6 Å². The van der Waals surface area contributed by atoms with Crippen LogP contribution in [0.3, 0.4) is 0 Å². The van der Waals surface area contributed by atoms with Gasteiger partial charge in [-0.3, -0.25) is 4.79 Å². The van der Waals surface area contributed by atoms with Crippen molar-refractivity contribution in [1.29, 1.82) is 0 Å². The predicted molar refractivity (Wildman–Crippen MR) is 119 cm³/mol. The number of fused-ring (bicyclic) bond motifs is 1. The van der Waals surface area contributed by atoms with Crippen LogP contribution in [0.25, 0.3) is 11.1 Å². The molecule has 0 amide bonds. The van der Waals surface area contributed by atoms with Gasteiger partial charge in [0.15, 0.2) is 21.3 Å². The van der Waals surface area contributed by atoms with Gasteiger partial charge < -0.3 is 9.47 Å². The molecule has 5 nitrogen and oxygen atoms in total. The van der Waals surface area contributed by atoms with Crippen LogP contribution in [0.2, 0.25) is 0 Å². The highest BCUT2D eigenvalue weighted by Gasteiger charge is 2.50. The molecule has 0 atom stereocenters. The maximum absolute atomic E-state index is 13.2. The number of benzene rings is 3. The number of hydrogen-bond acceptors (Lipinski definition) is 5. The zero-order valence-corrected chi connectivity index (χ0v) is 17.9. The predicted octanol–water partition coefficient (Wildman–Crippen LogP) is 4.58. The molecule has 1 fully saturated rings. The van der Waals surface area contributed by atoms with Crippen molar-refractivity contribution in [2.24, 2.45) is 0 Å². The Kier molecular flexibility index (Phi) is 4.63. The third kappa shape index (κ3) is 3.72. The monoisotopic (exact) mass is 436 g/mol. The van der Waals surface area contributed by atoms with Gasteiger partial charge in [-0.2, -0.15) is 0 Å². The van der Waals surface area contributed by atoms with Crippen LogP contribution in [0.5, 0.6) is 11.5 Å². The largest absolute Gasteiger partial charge is 0.454 e. The summed E-state index contributed by atoms with van der Waals surface area (Å²) >= 11 is 0. The van der Waals surface area contributed by atoms with E-state index >= 15 is 0 Å². The Labute approximate surface area is 183 Å². The fourth-order valence-electron chi connectivity index (χ4n) is 4.12. The minimum atomic E-state index is -3.26. The number of rotatable bonds is 6. The lowest BCUT2D eigenvalue weighted by Crippen LogP contribution is -2.22. The maximum atomic E-state index is 13.2. The number of carbonyl (C=O) groups is 1. The van der Waals surface area contributed by atoms with E-state index in [4.69, 9.17) is 9.47 Å². The van der Waals surface area contributed by atoms with Crippen molar-refractivity contribution in [2.75, 3.05) is 13.0 Å². The highest BCUT2D eigenvalue weighted by atomic mass is 32.2. The zero-order chi connectivity index (χ0) is 21.6. The first kappa shape index (κ1) is 19.8. The summed E-state index contributed by atoms with van der Waals surface area (Å²) in [6.07, 6.45) is 3.26. The lowest BCUT2D eigenvalue weighted by Gasteiger charge is -2.15. The van der Waals surface area contributed by atoms with Crippen molar-refractivity contribution in [3.63, 3.8) is 0 Å². The molecule has 0 unspecified atom stereocenters. The highest BCUT2D eigenvalue weighted by Crippen LogP contribution is 2.51. The SMILES string of the molecule is CS(=O)(=O)c1cccc(-c2ccc(CC(=O)C3(c4ccc5c(c4)OCO5)CC3)cc2)c1.[HH]. The van der Waals surface area contributed by atoms with E-state index in [2.05, 4.69) is 0 Å². The van der Waals surface area contributed by atoms with Gasteiger partial charge in [-0.25, -0.2) is 8.42 Å². The molecular weight excluding hydrogens is 412 g/mol. The molecule has 6 heteroatoms. The maximum Gasteiger partial charge on any atom is 0.231 e. The van der Waals surface area contributed by atoms with E-state index in [1.54, 1.807) is 18.2 Å². The molecular formula is C25H24O5S. The first-order valence-corrected chi connectivity index (χ1v) is 12.1. The molecule has 0 N–H and O–H groups in total. The molecule has 160 valence electrons. The molecule has 2 aliphatic rings. The van der Waals surface area contributed by atoms with Crippen LogP contribution < -0.4 is 9.47 Å². The van der Waals surface area contributed by atoms with Gasteiger partial charge >= 0.3 is 0 Å². The summed E-state index contributed by atoms with van der Waals surface area (Å²) < 4.78 is 34.5. The lowest BCUT2D eigenvalue weighted by molar-refractivity contribution is -0.120. The van der Waals surface area contributed by atoms with Crippen LogP contribution in [0.15, 0.2) is 71.6 Å². The van der Waals surface area contributed by atoms with Crippen LogP contribution in [-0.2, 0) is 26.5 Å². The van der Waals surface area contributed by atoms with E-state index in [9.17, 15) is 13.2 Å². The molecule has 3 aromatic carbocycles. The Morgan fingerprint density at radius 1 is 0.935 bits per heavy atom. The summed E-state index contributed by atoms with van der Waals surface area (Å²) in [6, 6.07) is 20.4. The van der Waals surface area contributed by atoms with Crippen LogP contribution in [0.1, 0.15) is 25.4 Å². The van der Waals surface area contributed by atoms with Crippen LogP contribution in [0, 0.1) is 0 Å². The van der Waals surface area contributed by atoms with Crippen molar-refractivity contribution in [1.82, 2.24) is 0 Å².